The van der Waals surface area contributed by atoms with Crippen LogP contribution in [0.2, 0.25) is 0 Å². The van der Waals surface area contributed by atoms with Crippen LogP contribution in [0.1, 0.15) is 24.0 Å². The summed E-state index contributed by atoms with van der Waals surface area (Å²) in [6.45, 7) is 4.12. The Labute approximate surface area is 188 Å². The third-order valence-electron chi connectivity index (χ3n) is 5.74. The predicted octanol–water partition coefficient (Wildman–Crippen LogP) is 5.35. The lowest BCUT2D eigenvalue weighted by molar-refractivity contribution is 0.238. The number of aromatic nitrogens is 3. The first-order valence-electron chi connectivity index (χ1n) is 11.1. The molecule has 2 N–H and O–H groups in total. The maximum atomic E-state index is 5.86. The van der Waals surface area contributed by atoms with E-state index in [1.807, 2.05) is 55.0 Å². The van der Waals surface area contributed by atoms with Crippen molar-refractivity contribution in [1.29, 1.82) is 0 Å². The van der Waals surface area contributed by atoms with Crippen molar-refractivity contribution in [1.82, 2.24) is 19.9 Å². The maximum absolute atomic E-state index is 5.86. The Bertz CT molecular complexity index is 1180. The molecule has 32 heavy (non-hydrogen) atoms. The third-order valence-corrected chi connectivity index (χ3v) is 5.74. The van der Waals surface area contributed by atoms with E-state index in [4.69, 9.17) is 4.74 Å². The number of rotatable bonds is 8. The van der Waals surface area contributed by atoms with Gasteiger partial charge in [0.1, 0.15) is 12.4 Å². The number of hydrogen-bond donors (Lipinski definition) is 2. The van der Waals surface area contributed by atoms with Gasteiger partial charge in [0.15, 0.2) is 0 Å². The molecule has 1 saturated heterocycles. The molecular formula is C26H27N5O. The zero-order valence-electron chi connectivity index (χ0n) is 18.0. The van der Waals surface area contributed by atoms with Gasteiger partial charge in [0.2, 0.25) is 5.95 Å². The highest BCUT2D eigenvalue weighted by atomic mass is 16.5. The van der Waals surface area contributed by atoms with Crippen LogP contribution < -0.4 is 10.1 Å². The predicted molar refractivity (Wildman–Crippen MR) is 130 cm³/mol. The van der Waals surface area contributed by atoms with Crippen molar-refractivity contribution in [2.45, 2.75) is 12.8 Å². The van der Waals surface area contributed by atoms with Crippen LogP contribution in [-0.2, 0) is 0 Å². The summed E-state index contributed by atoms with van der Waals surface area (Å²) in [7, 11) is 0. The standard InChI is InChI=1S/C26H27N5O/c1-2-15-31(14-1)16-17-32-23-10-8-22(9-11-23)30-26-28-18-20(19-29-26)6-7-21-4-3-5-25-24(21)12-13-27-25/h3-13,18-19,27H,1-2,14-17H2,(H,28,29,30). The summed E-state index contributed by atoms with van der Waals surface area (Å²) in [5.41, 5.74) is 4.17. The van der Waals surface area contributed by atoms with Crippen molar-refractivity contribution >= 4 is 34.7 Å². The Balaban J connectivity index is 1.15. The lowest BCUT2D eigenvalue weighted by Gasteiger charge is -2.15. The van der Waals surface area contributed by atoms with Crippen molar-refractivity contribution in [3.05, 3.63) is 78.2 Å². The molecule has 6 nitrogen and oxygen atoms in total. The normalized spacial score (nSPS) is 14.4. The first-order valence-corrected chi connectivity index (χ1v) is 11.1. The van der Waals surface area contributed by atoms with Crippen molar-refractivity contribution in [2.75, 3.05) is 31.6 Å². The van der Waals surface area contributed by atoms with Gasteiger partial charge >= 0.3 is 0 Å². The Morgan fingerprint density at radius 3 is 2.59 bits per heavy atom. The fourth-order valence-corrected chi connectivity index (χ4v) is 3.99. The Hall–Kier alpha value is -3.64. The van der Waals surface area contributed by atoms with E-state index >= 15 is 0 Å². The minimum Gasteiger partial charge on any atom is -0.492 e. The van der Waals surface area contributed by atoms with E-state index in [1.54, 1.807) is 0 Å². The van der Waals surface area contributed by atoms with Gasteiger partial charge in [-0.3, -0.25) is 4.90 Å². The molecule has 0 atom stereocenters. The lowest BCUT2D eigenvalue weighted by Crippen LogP contribution is -2.25. The average Bonchev–Trinajstić information content (AvgIpc) is 3.52. The van der Waals surface area contributed by atoms with E-state index < -0.39 is 0 Å². The van der Waals surface area contributed by atoms with Gasteiger partial charge < -0.3 is 15.0 Å². The number of aromatic amines is 1. The van der Waals surface area contributed by atoms with E-state index in [0.29, 0.717) is 5.95 Å². The van der Waals surface area contributed by atoms with Crippen LogP contribution in [0.25, 0.3) is 23.1 Å². The van der Waals surface area contributed by atoms with Gasteiger partial charge in [-0.15, -0.1) is 0 Å². The summed E-state index contributed by atoms with van der Waals surface area (Å²) >= 11 is 0. The molecular weight excluding hydrogens is 398 g/mol. The number of nitrogens with one attached hydrogen (secondary N) is 2. The first-order chi connectivity index (χ1) is 15.8. The van der Waals surface area contributed by atoms with Crippen molar-refractivity contribution < 1.29 is 4.74 Å². The molecule has 0 unspecified atom stereocenters. The number of fused-ring (bicyclic) bond motifs is 1. The molecule has 0 radical (unpaired) electrons. The van der Waals surface area contributed by atoms with Gasteiger partial charge in [0.05, 0.1) is 0 Å². The van der Waals surface area contributed by atoms with Crippen molar-refractivity contribution in [3.63, 3.8) is 0 Å². The largest absolute Gasteiger partial charge is 0.492 e. The second-order valence-corrected chi connectivity index (χ2v) is 8.01. The fourth-order valence-electron chi connectivity index (χ4n) is 3.99. The SMILES string of the molecule is C(=Cc1cccc2[nH]ccc12)c1cnc(Nc2ccc(OCCN3CCCC3)cc2)nc1. The van der Waals surface area contributed by atoms with E-state index in [2.05, 4.69) is 49.4 Å². The van der Waals surface area contributed by atoms with Crippen molar-refractivity contribution in [3.8, 4) is 5.75 Å². The summed E-state index contributed by atoms with van der Waals surface area (Å²) in [6.07, 6.45) is 12.3. The van der Waals surface area contributed by atoms with E-state index in [9.17, 15) is 0 Å². The molecule has 2 aromatic heterocycles. The smallest absolute Gasteiger partial charge is 0.227 e. The molecule has 1 aliphatic heterocycles. The van der Waals surface area contributed by atoms with E-state index in [-0.39, 0.29) is 0 Å². The highest BCUT2D eigenvalue weighted by Crippen LogP contribution is 2.21. The summed E-state index contributed by atoms with van der Waals surface area (Å²) in [5.74, 6) is 1.45. The van der Waals surface area contributed by atoms with Crippen LogP contribution in [-0.4, -0.2) is 46.1 Å². The number of ether oxygens (including phenoxy) is 1. The Morgan fingerprint density at radius 1 is 0.969 bits per heavy atom. The highest BCUT2D eigenvalue weighted by Gasteiger charge is 2.10. The second-order valence-electron chi connectivity index (χ2n) is 8.01. The molecule has 0 amide bonds. The quantitative estimate of drug-likeness (QED) is 0.399. The van der Waals surface area contributed by atoms with Gasteiger partial charge in [-0.05, 0) is 67.9 Å². The van der Waals surface area contributed by atoms with Crippen LogP contribution in [0.3, 0.4) is 0 Å². The number of nitrogens with zero attached hydrogens (tertiary/aromatic N) is 3. The Morgan fingerprint density at radius 2 is 1.78 bits per heavy atom. The van der Waals surface area contributed by atoms with Crippen LogP contribution in [0, 0.1) is 0 Å². The molecule has 1 fully saturated rings. The lowest BCUT2D eigenvalue weighted by atomic mass is 10.1. The summed E-state index contributed by atoms with van der Waals surface area (Å²) in [4.78, 5) is 14.6. The molecule has 6 heteroatoms. The van der Waals surface area contributed by atoms with Crippen LogP contribution in [0.4, 0.5) is 11.6 Å². The number of H-pyrrole nitrogens is 1. The third kappa shape index (κ3) is 4.98. The summed E-state index contributed by atoms with van der Waals surface area (Å²) in [6, 6.07) is 16.2. The summed E-state index contributed by atoms with van der Waals surface area (Å²) in [5, 5.41) is 4.44. The number of anilines is 2. The monoisotopic (exact) mass is 425 g/mol. The first kappa shape index (κ1) is 20.3. The van der Waals surface area contributed by atoms with Gasteiger partial charge in [0, 0.05) is 47.3 Å². The average molecular weight is 426 g/mol. The maximum Gasteiger partial charge on any atom is 0.227 e. The zero-order valence-corrected chi connectivity index (χ0v) is 18.0. The highest BCUT2D eigenvalue weighted by molar-refractivity contribution is 5.91. The molecule has 3 heterocycles. The molecule has 0 aliphatic carbocycles. The number of benzene rings is 2. The van der Waals surface area contributed by atoms with Gasteiger partial charge in [-0.1, -0.05) is 24.3 Å². The minimum absolute atomic E-state index is 0.567. The molecule has 162 valence electrons. The topological polar surface area (TPSA) is 66.1 Å². The number of hydrogen-bond acceptors (Lipinski definition) is 5. The van der Waals surface area contributed by atoms with Crippen LogP contribution >= 0.6 is 0 Å². The molecule has 0 bridgehead atoms. The fraction of sp³-hybridized carbons (Fsp3) is 0.231. The van der Waals surface area contributed by atoms with Gasteiger partial charge in [0.25, 0.3) is 0 Å². The molecule has 4 aromatic rings. The molecule has 5 rings (SSSR count). The van der Waals surface area contributed by atoms with E-state index in [1.165, 1.54) is 31.3 Å². The number of likely N-dealkylation sites (tertiary alicyclic amines) is 1. The molecule has 2 aromatic carbocycles. The minimum atomic E-state index is 0.567. The zero-order chi connectivity index (χ0) is 21.6. The van der Waals surface area contributed by atoms with Crippen LogP contribution in [0.5, 0.6) is 5.75 Å². The Kier molecular flexibility index (Phi) is 6.12. The molecule has 0 saturated carbocycles. The van der Waals surface area contributed by atoms with Gasteiger partial charge in [-0.2, -0.15) is 0 Å². The second kappa shape index (κ2) is 9.66. The van der Waals surface area contributed by atoms with Crippen molar-refractivity contribution in [2.24, 2.45) is 0 Å². The van der Waals surface area contributed by atoms with E-state index in [0.717, 1.165) is 41.2 Å². The molecule has 1 aliphatic rings. The summed E-state index contributed by atoms with van der Waals surface area (Å²) < 4.78 is 5.86. The molecule has 0 spiro atoms. The van der Waals surface area contributed by atoms with Gasteiger partial charge in [-0.25, -0.2) is 9.97 Å². The van der Waals surface area contributed by atoms with Crippen LogP contribution in [0.15, 0.2) is 67.1 Å².